The van der Waals surface area contributed by atoms with Crippen LogP contribution in [-0.2, 0) is 19.6 Å². The van der Waals surface area contributed by atoms with Crippen LogP contribution in [0.25, 0.3) is 0 Å². The van der Waals surface area contributed by atoms with E-state index in [1.165, 1.54) is 31.2 Å². The molecule has 7 nitrogen and oxygen atoms in total. The van der Waals surface area contributed by atoms with E-state index in [1.807, 2.05) is 13.0 Å². The van der Waals surface area contributed by atoms with Crippen LogP contribution in [0.5, 0.6) is 0 Å². The molecule has 0 heterocycles. The van der Waals surface area contributed by atoms with Crippen LogP contribution in [0.4, 0.5) is 20.2 Å². The number of aryl methyl sites for hydroxylation is 1. The summed E-state index contributed by atoms with van der Waals surface area (Å²) in [5.41, 5.74) is 1.47. The van der Waals surface area contributed by atoms with Crippen LogP contribution in [0.2, 0.25) is 0 Å². The first-order valence-electron chi connectivity index (χ1n) is 9.71. The Labute approximate surface area is 189 Å². The second-order valence-electron chi connectivity index (χ2n) is 7.17. The van der Waals surface area contributed by atoms with Crippen LogP contribution in [0, 0.1) is 18.6 Å². The maximum absolute atomic E-state index is 13.4. The largest absolute Gasteiger partial charge is 0.449 e. The van der Waals surface area contributed by atoms with Gasteiger partial charge in [0.2, 0.25) is 0 Å². The lowest BCUT2D eigenvalue weighted by atomic mass is 10.2. The molecular weight excluding hydrogens is 454 g/mol. The molecule has 0 aliphatic carbocycles. The fourth-order valence-electron chi connectivity index (χ4n) is 2.82. The van der Waals surface area contributed by atoms with Gasteiger partial charge in [-0.2, -0.15) is 0 Å². The third kappa shape index (κ3) is 6.13. The number of sulfonamides is 1. The summed E-state index contributed by atoms with van der Waals surface area (Å²) in [6.07, 6.45) is -1.12. The van der Waals surface area contributed by atoms with E-state index >= 15 is 0 Å². The predicted molar refractivity (Wildman–Crippen MR) is 118 cm³/mol. The fourth-order valence-corrected chi connectivity index (χ4v) is 3.88. The molecule has 0 aromatic heterocycles. The summed E-state index contributed by atoms with van der Waals surface area (Å²) < 4.78 is 58.7. The zero-order valence-electron chi connectivity index (χ0n) is 17.6. The average molecular weight is 474 g/mol. The van der Waals surface area contributed by atoms with Crippen molar-refractivity contribution in [1.82, 2.24) is 0 Å². The zero-order chi connectivity index (χ0) is 24.2. The first-order chi connectivity index (χ1) is 15.5. The standard InChI is InChI=1S/C23H20F2N2O5S/c1-14-5-3-7-17(11-14)26-22(28)15(2)32-23(29)16-6-4-8-18(12-16)27-33(30,31)19-9-10-20(24)21(25)13-19/h3-13,15,27H,1-2H3,(H,26,28)/t15-/m1/s1. The third-order valence-electron chi connectivity index (χ3n) is 4.49. The monoisotopic (exact) mass is 474 g/mol. The van der Waals surface area contributed by atoms with Crippen molar-refractivity contribution >= 4 is 33.3 Å². The molecule has 1 atom stereocenters. The summed E-state index contributed by atoms with van der Waals surface area (Å²) in [7, 11) is -4.24. The van der Waals surface area contributed by atoms with Gasteiger partial charge >= 0.3 is 5.97 Å². The van der Waals surface area contributed by atoms with Gasteiger partial charge in [0.15, 0.2) is 17.7 Å². The Morgan fingerprint density at radius 1 is 0.909 bits per heavy atom. The van der Waals surface area contributed by atoms with Gasteiger partial charge in [-0.3, -0.25) is 9.52 Å². The normalized spacial score (nSPS) is 12.0. The Balaban J connectivity index is 1.68. The SMILES string of the molecule is Cc1cccc(NC(=O)[C@@H](C)OC(=O)c2cccc(NS(=O)(=O)c3ccc(F)c(F)c3)c2)c1. The van der Waals surface area contributed by atoms with Gasteiger partial charge in [0.25, 0.3) is 15.9 Å². The van der Waals surface area contributed by atoms with Crippen molar-refractivity contribution in [1.29, 1.82) is 0 Å². The van der Waals surface area contributed by atoms with Gasteiger partial charge in [-0.15, -0.1) is 0 Å². The van der Waals surface area contributed by atoms with Crippen LogP contribution in [0.1, 0.15) is 22.8 Å². The number of carbonyl (C=O) groups is 2. The predicted octanol–water partition coefficient (Wildman–Crippen LogP) is 4.26. The molecule has 172 valence electrons. The van der Waals surface area contributed by atoms with Gasteiger partial charge in [-0.05, 0) is 67.9 Å². The highest BCUT2D eigenvalue weighted by molar-refractivity contribution is 7.92. The van der Waals surface area contributed by atoms with Crippen molar-refractivity contribution in [3.05, 3.63) is 89.5 Å². The second-order valence-corrected chi connectivity index (χ2v) is 8.85. The zero-order valence-corrected chi connectivity index (χ0v) is 18.5. The van der Waals surface area contributed by atoms with Gasteiger partial charge in [-0.1, -0.05) is 18.2 Å². The van der Waals surface area contributed by atoms with E-state index in [4.69, 9.17) is 4.74 Å². The van der Waals surface area contributed by atoms with Crippen molar-refractivity contribution in [3.8, 4) is 0 Å². The van der Waals surface area contributed by atoms with Crippen molar-refractivity contribution in [3.63, 3.8) is 0 Å². The second kappa shape index (κ2) is 9.78. The summed E-state index contributed by atoms with van der Waals surface area (Å²) in [5, 5.41) is 2.64. The highest BCUT2D eigenvalue weighted by atomic mass is 32.2. The van der Waals surface area contributed by atoms with E-state index in [2.05, 4.69) is 10.0 Å². The molecule has 3 aromatic carbocycles. The molecule has 1 amide bonds. The van der Waals surface area contributed by atoms with E-state index in [1.54, 1.807) is 18.2 Å². The molecule has 0 aliphatic rings. The Hall–Kier alpha value is -3.79. The third-order valence-corrected chi connectivity index (χ3v) is 5.87. The number of amides is 1. The van der Waals surface area contributed by atoms with Crippen molar-refractivity contribution in [2.75, 3.05) is 10.0 Å². The van der Waals surface area contributed by atoms with Gasteiger partial charge in [0.05, 0.1) is 10.5 Å². The number of rotatable bonds is 7. The topological polar surface area (TPSA) is 102 Å². The first kappa shape index (κ1) is 23.9. The lowest BCUT2D eigenvalue weighted by molar-refractivity contribution is -0.123. The van der Waals surface area contributed by atoms with Crippen LogP contribution in [0.15, 0.2) is 71.6 Å². The molecule has 2 N–H and O–H groups in total. The lowest BCUT2D eigenvalue weighted by Crippen LogP contribution is -2.30. The van der Waals surface area contributed by atoms with E-state index in [-0.39, 0.29) is 11.3 Å². The van der Waals surface area contributed by atoms with Crippen molar-refractivity contribution in [2.24, 2.45) is 0 Å². The average Bonchev–Trinajstić information content (AvgIpc) is 2.75. The van der Waals surface area contributed by atoms with Gasteiger partial charge in [0, 0.05) is 11.4 Å². The summed E-state index contributed by atoms with van der Waals surface area (Å²) in [6, 6.07) is 14.6. The molecule has 0 aliphatic heterocycles. The Morgan fingerprint density at radius 2 is 1.61 bits per heavy atom. The maximum atomic E-state index is 13.4. The minimum atomic E-state index is -4.24. The number of halogens is 2. The van der Waals surface area contributed by atoms with E-state index in [0.717, 1.165) is 11.6 Å². The molecule has 0 saturated heterocycles. The molecule has 10 heteroatoms. The summed E-state index contributed by atoms with van der Waals surface area (Å²) >= 11 is 0. The molecule has 33 heavy (non-hydrogen) atoms. The number of nitrogens with one attached hydrogen (secondary N) is 2. The number of ether oxygens (including phenoxy) is 1. The molecule has 0 radical (unpaired) electrons. The molecular formula is C23H20F2N2O5S. The summed E-state index contributed by atoms with van der Waals surface area (Å²) in [5.74, 6) is -3.88. The number of carbonyl (C=O) groups excluding carboxylic acids is 2. The van der Waals surface area contributed by atoms with Crippen molar-refractivity contribution in [2.45, 2.75) is 24.8 Å². The fraction of sp³-hybridized carbons (Fsp3) is 0.130. The van der Waals surface area contributed by atoms with E-state index in [9.17, 15) is 26.8 Å². The smallest absolute Gasteiger partial charge is 0.338 e. The number of hydrogen-bond acceptors (Lipinski definition) is 5. The van der Waals surface area contributed by atoms with Crippen LogP contribution in [-0.4, -0.2) is 26.4 Å². The number of benzene rings is 3. The van der Waals surface area contributed by atoms with Gasteiger partial charge in [0.1, 0.15) is 0 Å². The summed E-state index contributed by atoms with van der Waals surface area (Å²) in [6.45, 7) is 3.27. The highest BCUT2D eigenvalue weighted by Crippen LogP contribution is 2.20. The minimum Gasteiger partial charge on any atom is -0.449 e. The minimum absolute atomic E-state index is 0.00829. The molecule has 0 bridgehead atoms. The Morgan fingerprint density at radius 3 is 2.30 bits per heavy atom. The van der Waals surface area contributed by atoms with Crippen LogP contribution in [0.3, 0.4) is 0 Å². The van der Waals surface area contributed by atoms with Crippen LogP contribution < -0.4 is 10.0 Å². The molecule has 0 saturated carbocycles. The van der Waals surface area contributed by atoms with Gasteiger partial charge < -0.3 is 10.1 Å². The van der Waals surface area contributed by atoms with Crippen molar-refractivity contribution < 1.29 is 31.5 Å². The number of esters is 1. The molecule has 3 rings (SSSR count). The highest BCUT2D eigenvalue weighted by Gasteiger charge is 2.21. The lowest BCUT2D eigenvalue weighted by Gasteiger charge is -2.14. The molecule has 3 aromatic rings. The van der Waals surface area contributed by atoms with E-state index in [0.29, 0.717) is 17.8 Å². The molecule has 0 spiro atoms. The quantitative estimate of drug-likeness (QED) is 0.499. The Kier molecular flexibility index (Phi) is 7.07. The summed E-state index contributed by atoms with van der Waals surface area (Å²) in [4.78, 5) is 24.3. The Bertz CT molecular complexity index is 1310. The molecule has 0 fully saturated rings. The number of hydrogen-bond donors (Lipinski definition) is 2. The van der Waals surface area contributed by atoms with Gasteiger partial charge in [-0.25, -0.2) is 22.0 Å². The maximum Gasteiger partial charge on any atom is 0.338 e. The number of anilines is 2. The molecule has 0 unspecified atom stereocenters. The first-order valence-corrected chi connectivity index (χ1v) is 11.2. The van der Waals surface area contributed by atoms with E-state index < -0.39 is 44.5 Å². The van der Waals surface area contributed by atoms with Crippen LogP contribution >= 0.6 is 0 Å².